The number of hydrogen-bond donors (Lipinski definition) is 4. The number of nitriles is 1. The lowest BCUT2D eigenvalue weighted by atomic mass is 9.49. The molecular formula is C52H66ClN9O7S. The van der Waals surface area contributed by atoms with E-state index in [4.69, 9.17) is 21.1 Å². The number of aliphatic hydroxyl groups is 1. The number of β-amino-alcohol motifs (C(OH)–C–C–N with tert-alkyl or cyclic N) is 1. The maximum atomic E-state index is 14.1. The van der Waals surface area contributed by atoms with Gasteiger partial charge in [-0.25, -0.2) is 9.97 Å². The number of nitrogens with one attached hydrogen (secondary N) is 3. The van der Waals surface area contributed by atoms with E-state index in [2.05, 4.69) is 69.5 Å². The summed E-state index contributed by atoms with van der Waals surface area (Å²) < 4.78 is 12.2. The van der Waals surface area contributed by atoms with Crippen LogP contribution in [0.4, 0.5) is 5.82 Å². The largest absolute Gasteiger partial charge is 0.489 e. The van der Waals surface area contributed by atoms with E-state index in [1.807, 2.05) is 70.5 Å². The average Bonchev–Trinajstić information content (AvgIpc) is 3.95. The molecule has 4 heterocycles. The van der Waals surface area contributed by atoms with Crippen molar-refractivity contribution in [3.05, 3.63) is 93.7 Å². The molecule has 1 unspecified atom stereocenters. The zero-order valence-electron chi connectivity index (χ0n) is 41.5. The lowest BCUT2D eigenvalue weighted by Crippen LogP contribution is -2.74. The second kappa shape index (κ2) is 21.4. The Morgan fingerprint density at radius 1 is 0.986 bits per heavy atom. The molecule has 18 heteroatoms. The number of hydrogen-bond acceptors (Lipinski definition) is 13. The topological polar surface area (TPSA) is 202 Å². The van der Waals surface area contributed by atoms with Crippen LogP contribution in [0.2, 0.25) is 5.02 Å². The molecule has 3 aliphatic rings. The van der Waals surface area contributed by atoms with E-state index in [0.29, 0.717) is 48.1 Å². The van der Waals surface area contributed by atoms with Crippen LogP contribution in [-0.2, 0) is 19.1 Å². The number of halogens is 1. The van der Waals surface area contributed by atoms with E-state index in [1.54, 1.807) is 41.8 Å². The number of ether oxygens (including phenoxy) is 2. The van der Waals surface area contributed by atoms with Crippen LogP contribution < -0.4 is 25.6 Å². The van der Waals surface area contributed by atoms with Gasteiger partial charge in [0, 0.05) is 74.8 Å². The monoisotopic (exact) mass is 995 g/mol. The Labute approximate surface area is 420 Å². The minimum atomic E-state index is -0.966. The number of pyridine rings is 1. The van der Waals surface area contributed by atoms with Crippen molar-refractivity contribution in [3.63, 3.8) is 0 Å². The van der Waals surface area contributed by atoms with E-state index in [9.17, 15) is 29.5 Å². The first-order valence-electron chi connectivity index (χ1n) is 23.9. The third kappa shape index (κ3) is 11.6. The fourth-order valence-electron chi connectivity index (χ4n) is 10.3. The van der Waals surface area contributed by atoms with Gasteiger partial charge in [-0.2, -0.15) is 5.26 Å². The van der Waals surface area contributed by atoms with Crippen LogP contribution in [0.15, 0.2) is 66.3 Å². The molecule has 1 saturated carbocycles. The van der Waals surface area contributed by atoms with E-state index < -0.39 is 46.2 Å². The number of likely N-dealkylation sites (tertiary alicyclic amines) is 1. The number of aryl methyl sites for hydroxylation is 1. The fourth-order valence-corrected chi connectivity index (χ4v) is 11.3. The molecule has 70 heavy (non-hydrogen) atoms. The molecule has 7 rings (SSSR count). The highest BCUT2D eigenvalue weighted by atomic mass is 35.5. The highest BCUT2D eigenvalue weighted by Crippen LogP contribution is 2.55. The summed E-state index contributed by atoms with van der Waals surface area (Å²) in [5.41, 5.74) is 4.06. The number of carbonyl (C=O) groups is 4. The van der Waals surface area contributed by atoms with E-state index in [-0.39, 0.29) is 49.6 Å². The molecule has 2 aliphatic heterocycles. The van der Waals surface area contributed by atoms with Gasteiger partial charge in [0.25, 0.3) is 5.91 Å². The quantitative estimate of drug-likeness (QED) is 0.0934. The molecule has 2 saturated heterocycles. The third-order valence-electron chi connectivity index (χ3n) is 14.0. The summed E-state index contributed by atoms with van der Waals surface area (Å²) in [6.45, 7) is 21.2. The van der Waals surface area contributed by atoms with Gasteiger partial charge in [-0.1, -0.05) is 84.3 Å². The van der Waals surface area contributed by atoms with Crippen molar-refractivity contribution in [2.24, 2.45) is 16.2 Å². The van der Waals surface area contributed by atoms with Gasteiger partial charge >= 0.3 is 0 Å². The molecule has 0 radical (unpaired) electrons. The minimum absolute atomic E-state index is 0.0190. The Morgan fingerprint density at radius 3 is 2.29 bits per heavy atom. The molecule has 16 nitrogen and oxygen atoms in total. The molecule has 1 aliphatic carbocycles. The van der Waals surface area contributed by atoms with Gasteiger partial charge < -0.3 is 40.3 Å². The summed E-state index contributed by atoms with van der Waals surface area (Å²) in [6.07, 6.45) is 0.599. The van der Waals surface area contributed by atoms with Crippen molar-refractivity contribution >= 4 is 52.4 Å². The van der Waals surface area contributed by atoms with Crippen molar-refractivity contribution in [3.8, 4) is 22.3 Å². The molecule has 3 fully saturated rings. The van der Waals surface area contributed by atoms with Crippen LogP contribution in [0, 0.1) is 34.5 Å². The minimum Gasteiger partial charge on any atom is -0.489 e. The Hall–Kier alpha value is -5.64. The Balaban J connectivity index is 0.831. The molecule has 0 spiro atoms. The van der Waals surface area contributed by atoms with E-state index in [1.165, 1.54) is 4.90 Å². The number of amides is 4. The predicted molar refractivity (Wildman–Crippen MR) is 269 cm³/mol. The number of rotatable bonds is 16. The number of thiazole rings is 1. The SMILES string of the molecule is Cc1ncsc1-c1ccc([C@H](C)NC(=O)[C@@H]2CC(O)CN2C(=O)[C@@H](NC(=O)COCCN2CCN(c3ccc(C(=O)NC4C(C)(C)C(Oc5ccc(C#N)c(Cl)c5)C4(C)C)cn3)CC2)C(C)(C)C)cc1. The van der Waals surface area contributed by atoms with Gasteiger partial charge in [-0.15, -0.1) is 11.3 Å². The van der Waals surface area contributed by atoms with Crippen LogP contribution in [0.25, 0.3) is 10.4 Å². The maximum absolute atomic E-state index is 14.1. The Morgan fingerprint density at radius 2 is 1.69 bits per heavy atom. The number of aromatic nitrogens is 2. The molecule has 4 amide bonds. The molecule has 0 bridgehead atoms. The highest BCUT2D eigenvalue weighted by Gasteiger charge is 2.64. The van der Waals surface area contributed by atoms with Crippen molar-refractivity contribution in [1.29, 1.82) is 5.26 Å². The predicted octanol–water partition coefficient (Wildman–Crippen LogP) is 6.16. The molecule has 4 N–H and O–H groups in total. The zero-order valence-corrected chi connectivity index (χ0v) is 43.1. The van der Waals surface area contributed by atoms with Gasteiger partial charge in [-0.05, 0) is 54.7 Å². The van der Waals surface area contributed by atoms with Crippen molar-refractivity contribution in [2.75, 3.05) is 57.4 Å². The number of benzene rings is 2. The number of carbonyl (C=O) groups excluding carboxylic acids is 4. The van der Waals surface area contributed by atoms with E-state index >= 15 is 0 Å². The molecular weight excluding hydrogens is 930 g/mol. The number of aliphatic hydroxyl groups excluding tert-OH is 1. The summed E-state index contributed by atoms with van der Waals surface area (Å²) in [7, 11) is 0. The van der Waals surface area contributed by atoms with Crippen LogP contribution in [0.3, 0.4) is 0 Å². The van der Waals surface area contributed by atoms with Gasteiger partial charge in [0.15, 0.2) is 0 Å². The Bertz CT molecular complexity index is 2550. The molecule has 2 aromatic carbocycles. The maximum Gasteiger partial charge on any atom is 0.253 e. The molecule has 374 valence electrons. The normalized spacial score (nSPS) is 21.7. The highest BCUT2D eigenvalue weighted by molar-refractivity contribution is 7.13. The van der Waals surface area contributed by atoms with Gasteiger partial charge in [-0.3, -0.25) is 24.1 Å². The number of nitrogens with zero attached hydrogens (tertiary/aromatic N) is 6. The first-order valence-corrected chi connectivity index (χ1v) is 25.1. The van der Waals surface area contributed by atoms with Crippen molar-refractivity contribution in [2.45, 2.75) is 105 Å². The van der Waals surface area contributed by atoms with Crippen molar-refractivity contribution in [1.82, 2.24) is 35.7 Å². The molecule has 4 atom stereocenters. The van der Waals surface area contributed by atoms with E-state index in [0.717, 1.165) is 40.6 Å². The zero-order chi connectivity index (χ0) is 50.7. The summed E-state index contributed by atoms with van der Waals surface area (Å²) in [5, 5.41) is 29.4. The molecule has 4 aromatic rings. The smallest absolute Gasteiger partial charge is 0.253 e. The summed E-state index contributed by atoms with van der Waals surface area (Å²) in [5.74, 6) is -0.115. The number of piperazine rings is 1. The van der Waals surface area contributed by atoms with Gasteiger partial charge in [0.1, 0.15) is 42.4 Å². The van der Waals surface area contributed by atoms with Crippen LogP contribution in [0.5, 0.6) is 5.75 Å². The fraction of sp³-hybridized carbons (Fsp3) is 0.519. The lowest BCUT2D eigenvalue weighted by molar-refractivity contribution is -0.164. The average molecular weight is 997 g/mol. The lowest BCUT2D eigenvalue weighted by Gasteiger charge is -2.63. The summed E-state index contributed by atoms with van der Waals surface area (Å²) in [6, 6.07) is 16.3. The van der Waals surface area contributed by atoms with Crippen LogP contribution in [-0.4, -0.2) is 131 Å². The first-order chi connectivity index (χ1) is 33.1. The van der Waals surface area contributed by atoms with Crippen LogP contribution in [0.1, 0.15) is 95.0 Å². The molecule has 2 aromatic heterocycles. The van der Waals surface area contributed by atoms with Gasteiger partial charge in [0.2, 0.25) is 17.7 Å². The van der Waals surface area contributed by atoms with Crippen LogP contribution >= 0.6 is 22.9 Å². The second-order valence-electron chi connectivity index (χ2n) is 21.0. The first kappa shape index (κ1) is 52.2. The second-order valence-corrected chi connectivity index (χ2v) is 22.2. The third-order valence-corrected chi connectivity index (χ3v) is 15.3. The summed E-state index contributed by atoms with van der Waals surface area (Å²) in [4.78, 5) is 70.4. The Kier molecular flexibility index (Phi) is 15.9. The summed E-state index contributed by atoms with van der Waals surface area (Å²) >= 11 is 7.83. The van der Waals surface area contributed by atoms with Gasteiger partial charge in [0.05, 0.1) is 51.0 Å². The standard InChI is InChI=1S/C52H66ClN9O7S/c1-31(33-10-12-34(13-11-33)43-32(2)56-30-70-43)57-46(66)40-24-37(63)28-62(40)47(67)44(50(3,4)5)58-42(64)29-68-23-22-60-18-20-61(21-19-60)41-17-15-36(27-55-41)45(65)59-48-51(6,7)49(52(48,8)9)69-38-16-14-35(26-54)39(53)25-38/h10-17,25,27,30-31,37,40,44,48-49,63H,18-24,28-29H2,1-9H3,(H,57,66)(H,58,64)(H,59,65)/t31-,37?,40-,44+,48?,49?/m0/s1. The number of anilines is 1. The van der Waals surface area contributed by atoms with Crippen molar-refractivity contribution < 1.29 is 33.8 Å².